The van der Waals surface area contributed by atoms with E-state index in [1.165, 1.54) is 53.4 Å². The highest BCUT2D eigenvalue weighted by molar-refractivity contribution is 7.92. The summed E-state index contributed by atoms with van der Waals surface area (Å²) in [6, 6.07) is 25.6. The average Bonchev–Trinajstić information content (AvgIpc) is 3.02. The Hall–Kier alpha value is -3.92. The van der Waals surface area contributed by atoms with Crippen LogP contribution < -0.4 is 9.62 Å². The first-order valence-corrected chi connectivity index (χ1v) is 16.6. The van der Waals surface area contributed by atoms with Crippen molar-refractivity contribution < 1.29 is 22.4 Å². The molecule has 2 atom stereocenters. The molecule has 0 heterocycles. The van der Waals surface area contributed by atoms with Gasteiger partial charge in [0.05, 0.1) is 10.6 Å². The zero-order valence-electron chi connectivity index (χ0n) is 24.9. The SMILES string of the molecule is CC[C@@H](C)NC(=O)[C@@H](Cc1ccccc1)N(Cc1ccccc1F)C(=O)CN(c1cc(Cl)cc(Cl)c1)S(=O)(=O)c1ccccc1. The molecule has 0 aliphatic carbocycles. The van der Waals surface area contributed by atoms with E-state index in [-0.39, 0.29) is 45.2 Å². The molecule has 0 spiro atoms. The summed E-state index contributed by atoms with van der Waals surface area (Å²) in [7, 11) is -4.33. The Labute approximate surface area is 273 Å². The zero-order chi connectivity index (χ0) is 32.6. The van der Waals surface area contributed by atoms with Gasteiger partial charge in [0.1, 0.15) is 18.4 Å². The molecular formula is C34H34Cl2FN3O4S. The van der Waals surface area contributed by atoms with E-state index < -0.39 is 40.2 Å². The van der Waals surface area contributed by atoms with Gasteiger partial charge in [-0.3, -0.25) is 13.9 Å². The lowest BCUT2D eigenvalue weighted by Crippen LogP contribution is -2.54. The quantitative estimate of drug-likeness (QED) is 0.168. The monoisotopic (exact) mass is 669 g/mol. The summed E-state index contributed by atoms with van der Waals surface area (Å²) in [5, 5.41) is 3.27. The highest BCUT2D eigenvalue weighted by Gasteiger charge is 2.35. The van der Waals surface area contributed by atoms with Gasteiger partial charge in [-0.25, -0.2) is 12.8 Å². The molecular weight excluding hydrogens is 636 g/mol. The van der Waals surface area contributed by atoms with E-state index in [1.807, 2.05) is 44.2 Å². The van der Waals surface area contributed by atoms with Crippen molar-refractivity contribution in [3.05, 3.63) is 130 Å². The maximum atomic E-state index is 15.0. The van der Waals surface area contributed by atoms with Crippen LogP contribution in [0.15, 0.2) is 108 Å². The van der Waals surface area contributed by atoms with Gasteiger partial charge in [-0.1, -0.05) is 96.9 Å². The molecule has 0 aliphatic heterocycles. The molecule has 2 amide bonds. The number of carbonyl (C=O) groups is 2. The van der Waals surface area contributed by atoms with Crippen molar-refractivity contribution in [1.29, 1.82) is 0 Å². The van der Waals surface area contributed by atoms with Crippen LogP contribution in [0.5, 0.6) is 0 Å². The Morgan fingerprint density at radius 2 is 1.44 bits per heavy atom. The summed E-state index contributed by atoms with van der Waals surface area (Å²) in [6.07, 6.45) is 0.751. The Balaban J connectivity index is 1.83. The van der Waals surface area contributed by atoms with E-state index in [2.05, 4.69) is 5.32 Å². The lowest BCUT2D eigenvalue weighted by molar-refractivity contribution is -0.140. The highest BCUT2D eigenvalue weighted by atomic mass is 35.5. The minimum atomic E-state index is -4.33. The average molecular weight is 671 g/mol. The van der Waals surface area contributed by atoms with Crippen molar-refractivity contribution in [1.82, 2.24) is 10.2 Å². The number of amides is 2. The van der Waals surface area contributed by atoms with Gasteiger partial charge in [0.25, 0.3) is 10.0 Å². The van der Waals surface area contributed by atoms with Gasteiger partial charge in [-0.15, -0.1) is 0 Å². The molecule has 0 radical (unpaired) electrons. The molecule has 4 rings (SSSR count). The van der Waals surface area contributed by atoms with Crippen LogP contribution >= 0.6 is 23.2 Å². The number of benzene rings is 4. The van der Waals surface area contributed by atoms with Gasteiger partial charge in [0, 0.05) is 34.6 Å². The lowest BCUT2D eigenvalue weighted by atomic mass is 10.0. The fourth-order valence-corrected chi connectivity index (χ4v) is 6.67. The molecule has 1 N–H and O–H groups in total. The smallest absolute Gasteiger partial charge is 0.264 e. The van der Waals surface area contributed by atoms with Crippen molar-refractivity contribution in [3.8, 4) is 0 Å². The van der Waals surface area contributed by atoms with Gasteiger partial charge in [-0.2, -0.15) is 0 Å². The summed E-state index contributed by atoms with van der Waals surface area (Å²) >= 11 is 12.5. The van der Waals surface area contributed by atoms with Crippen LogP contribution in [0.3, 0.4) is 0 Å². The molecule has 7 nitrogen and oxygen atoms in total. The van der Waals surface area contributed by atoms with Crippen molar-refractivity contribution in [2.75, 3.05) is 10.8 Å². The first-order valence-electron chi connectivity index (χ1n) is 14.4. The summed E-state index contributed by atoms with van der Waals surface area (Å²) in [4.78, 5) is 29.4. The second-order valence-electron chi connectivity index (χ2n) is 10.6. The fraction of sp³-hybridized carbons (Fsp3) is 0.235. The van der Waals surface area contributed by atoms with Crippen LogP contribution in [0.25, 0.3) is 0 Å². The molecule has 0 unspecified atom stereocenters. The molecule has 4 aromatic carbocycles. The van der Waals surface area contributed by atoms with Gasteiger partial charge < -0.3 is 10.2 Å². The number of hydrogen-bond donors (Lipinski definition) is 1. The second-order valence-corrected chi connectivity index (χ2v) is 13.3. The number of halogens is 3. The van der Waals surface area contributed by atoms with Crippen LogP contribution in [0.4, 0.5) is 10.1 Å². The van der Waals surface area contributed by atoms with Gasteiger partial charge in [0.15, 0.2) is 0 Å². The van der Waals surface area contributed by atoms with Crippen LogP contribution in [0, 0.1) is 5.82 Å². The maximum absolute atomic E-state index is 15.0. The third-order valence-electron chi connectivity index (χ3n) is 7.32. The van der Waals surface area contributed by atoms with Gasteiger partial charge in [0.2, 0.25) is 11.8 Å². The summed E-state index contributed by atoms with van der Waals surface area (Å²) in [5.74, 6) is -1.73. The first-order chi connectivity index (χ1) is 21.5. The minimum absolute atomic E-state index is 0.0548. The molecule has 0 saturated carbocycles. The summed E-state index contributed by atoms with van der Waals surface area (Å²) in [6.45, 7) is 2.76. The predicted octanol–water partition coefficient (Wildman–Crippen LogP) is 6.88. The van der Waals surface area contributed by atoms with Crippen LogP contribution in [-0.4, -0.2) is 43.8 Å². The predicted molar refractivity (Wildman–Crippen MR) is 176 cm³/mol. The molecule has 4 aromatic rings. The number of sulfonamides is 1. The van der Waals surface area contributed by atoms with E-state index in [1.54, 1.807) is 24.3 Å². The van der Waals surface area contributed by atoms with Gasteiger partial charge in [-0.05, 0) is 55.3 Å². The largest absolute Gasteiger partial charge is 0.352 e. The van der Waals surface area contributed by atoms with E-state index in [0.29, 0.717) is 6.42 Å². The normalized spacial score (nSPS) is 12.6. The van der Waals surface area contributed by atoms with Crippen LogP contribution in [-0.2, 0) is 32.6 Å². The Morgan fingerprint density at radius 3 is 2.04 bits per heavy atom. The van der Waals surface area contributed by atoms with E-state index in [0.717, 1.165) is 9.87 Å². The Kier molecular flexibility index (Phi) is 11.6. The minimum Gasteiger partial charge on any atom is -0.352 e. The number of rotatable bonds is 13. The molecule has 0 fully saturated rings. The standard InChI is InChI=1S/C34H34Cl2FN3O4S/c1-3-24(2)38-34(42)32(18-25-12-6-4-7-13-25)39(22-26-14-10-11-17-31(26)37)33(41)23-40(29-20-27(35)19-28(36)21-29)45(43,44)30-15-8-5-9-16-30/h4-17,19-21,24,32H,3,18,22-23H2,1-2H3,(H,38,42)/t24-,32-/m1/s1. The van der Waals surface area contributed by atoms with Crippen molar-refractivity contribution in [3.63, 3.8) is 0 Å². The number of anilines is 1. The Bertz CT molecular complexity index is 1710. The number of nitrogens with one attached hydrogen (secondary N) is 1. The first kappa shape index (κ1) is 34.0. The van der Waals surface area contributed by atoms with Crippen LogP contribution in [0.1, 0.15) is 31.4 Å². The molecule has 45 heavy (non-hydrogen) atoms. The van der Waals surface area contributed by atoms with E-state index >= 15 is 4.39 Å². The molecule has 0 aromatic heterocycles. The zero-order valence-corrected chi connectivity index (χ0v) is 27.2. The number of hydrogen-bond acceptors (Lipinski definition) is 4. The maximum Gasteiger partial charge on any atom is 0.264 e. The number of carbonyl (C=O) groups excluding carboxylic acids is 2. The molecule has 11 heteroatoms. The fourth-order valence-electron chi connectivity index (χ4n) is 4.74. The summed E-state index contributed by atoms with van der Waals surface area (Å²) < 4.78 is 44.0. The third kappa shape index (κ3) is 8.84. The van der Waals surface area contributed by atoms with E-state index in [9.17, 15) is 18.0 Å². The topological polar surface area (TPSA) is 86.8 Å². The van der Waals surface area contributed by atoms with E-state index in [4.69, 9.17) is 23.2 Å². The van der Waals surface area contributed by atoms with Crippen LogP contribution in [0.2, 0.25) is 10.0 Å². The van der Waals surface area contributed by atoms with Crippen molar-refractivity contribution in [2.45, 2.75) is 50.2 Å². The van der Waals surface area contributed by atoms with Crippen molar-refractivity contribution in [2.24, 2.45) is 0 Å². The molecule has 0 aliphatic rings. The lowest BCUT2D eigenvalue weighted by Gasteiger charge is -2.34. The molecule has 0 bridgehead atoms. The summed E-state index contributed by atoms with van der Waals surface area (Å²) in [5.41, 5.74) is 0.992. The third-order valence-corrected chi connectivity index (χ3v) is 9.54. The second kappa shape index (κ2) is 15.4. The van der Waals surface area contributed by atoms with Crippen molar-refractivity contribution >= 4 is 50.7 Å². The molecule has 0 saturated heterocycles. The molecule has 236 valence electrons. The highest BCUT2D eigenvalue weighted by Crippen LogP contribution is 2.30. The Morgan fingerprint density at radius 1 is 0.867 bits per heavy atom. The van der Waals surface area contributed by atoms with Gasteiger partial charge >= 0.3 is 0 Å². The number of nitrogens with zero attached hydrogens (tertiary/aromatic N) is 2.